The van der Waals surface area contributed by atoms with Gasteiger partial charge in [-0.15, -0.1) is 0 Å². The first kappa shape index (κ1) is 14.3. The normalized spacial score (nSPS) is 18.8. The van der Waals surface area contributed by atoms with Crippen molar-refractivity contribution in [2.75, 3.05) is 13.1 Å². The summed E-state index contributed by atoms with van der Waals surface area (Å²) < 4.78 is 37.5. The van der Waals surface area contributed by atoms with Crippen molar-refractivity contribution in [1.29, 1.82) is 0 Å². The summed E-state index contributed by atoms with van der Waals surface area (Å²) in [5, 5.41) is 0. The Morgan fingerprint density at radius 2 is 2.05 bits per heavy atom. The van der Waals surface area contributed by atoms with Crippen LogP contribution in [0.3, 0.4) is 0 Å². The summed E-state index contributed by atoms with van der Waals surface area (Å²) in [5.74, 6) is -1.91. The summed E-state index contributed by atoms with van der Waals surface area (Å²) >= 11 is 0. The van der Waals surface area contributed by atoms with Crippen LogP contribution in [0.2, 0.25) is 0 Å². The molecule has 1 aromatic carbocycles. The lowest BCUT2D eigenvalue weighted by Gasteiger charge is -2.23. The van der Waals surface area contributed by atoms with Gasteiger partial charge in [0, 0.05) is 13.1 Å². The van der Waals surface area contributed by atoms with Crippen LogP contribution in [0, 0.1) is 0 Å². The van der Waals surface area contributed by atoms with E-state index in [2.05, 4.69) is 4.99 Å². The lowest BCUT2D eigenvalue weighted by molar-refractivity contribution is -0.185. The highest BCUT2D eigenvalue weighted by atomic mass is 19.4. The maximum atomic E-state index is 12.5. The first-order valence-corrected chi connectivity index (χ1v) is 5.94. The molecule has 0 aliphatic carbocycles. The number of carbonyl (C=O) groups excluding carboxylic acids is 2. The molecule has 1 amide bonds. The molecule has 0 spiro atoms. The average Bonchev–Trinajstić information content (AvgIpc) is 2.58. The van der Waals surface area contributed by atoms with E-state index in [0.717, 1.165) is 5.56 Å². The minimum absolute atomic E-state index is 0.0553. The number of alkyl halides is 3. The topological polar surface area (TPSA) is 49.7 Å². The lowest BCUT2D eigenvalue weighted by atomic mass is 10.0. The number of halogens is 3. The van der Waals surface area contributed by atoms with Crippen molar-refractivity contribution in [1.82, 2.24) is 4.90 Å². The third-order valence-electron chi connectivity index (χ3n) is 3.20. The summed E-state index contributed by atoms with van der Waals surface area (Å²) in [6.07, 6.45) is -3.27. The highest BCUT2D eigenvalue weighted by Crippen LogP contribution is 2.28. The predicted molar refractivity (Wildman–Crippen MR) is 63.6 cm³/mol. The number of rotatable bonds is 1. The van der Waals surface area contributed by atoms with Crippen molar-refractivity contribution in [3.05, 3.63) is 35.4 Å². The Bertz CT molecular complexity index is 565. The number of hydrogen-bond acceptors (Lipinski definition) is 3. The Morgan fingerprint density at radius 1 is 1.35 bits per heavy atom. The van der Waals surface area contributed by atoms with Crippen LogP contribution in [0.15, 0.2) is 29.3 Å². The molecule has 0 fully saturated rings. The Balaban J connectivity index is 2.34. The highest BCUT2D eigenvalue weighted by Gasteiger charge is 2.43. The van der Waals surface area contributed by atoms with Crippen molar-refractivity contribution >= 4 is 12.0 Å². The van der Waals surface area contributed by atoms with E-state index in [9.17, 15) is 22.8 Å². The van der Waals surface area contributed by atoms with E-state index in [0.29, 0.717) is 16.9 Å². The molecule has 0 radical (unpaired) electrons. The molecule has 20 heavy (non-hydrogen) atoms. The summed E-state index contributed by atoms with van der Waals surface area (Å²) in [6, 6.07) is 6.11. The first-order chi connectivity index (χ1) is 9.43. The van der Waals surface area contributed by atoms with Gasteiger partial charge in [0.1, 0.15) is 6.04 Å². The standard InChI is InChI=1S/C13H11F3N2O2/c14-13(15,16)12(20)18-6-5-9-3-1-2-4-10(9)11(7-18)17-8-19/h1-4,11H,5-7H2. The van der Waals surface area contributed by atoms with Crippen LogP contribution in [-0.4, -0.2) is 36.2 Å². The zero-order valence-electron chi connectivity index (χ0n) is 10.4. The maximum Gasteiger partial charge on any atom is 0.471 e. The van der Waals surface area contributed by atoms with Gasteiger partial charge in [-0.2, -0.15) is 18.2 Å². The number of aliphatic imine (C=N–C) groups is 1. The molecule has 0 bridgehead atoms. The molecule has 1 aliphatic heterocycles. The van der Waals surface area contributed by atoms with Gasteiger partial charge in [0.15, 0.2) is 0 Å². The predicted octanol–water partition coefficient (Wildman–Crippen LogP) is 2.01. The zero-order valence-corrected chi connectivity index (χ0v) is 10.4. The number of nitrogens with zero attached hydrogens (tertiary/aromatic N) is 2. The van der Waals surface area contributed by atoms with Crippen LogP contribution in [0.4, 0.5) is 13.2 Å². The SMILES string of the molecule is O=C=NC1CN(C(=O)C(F)(F)F)CCc2ccccc21. The van der Waals surface area contributed by atoms with Crippen molar-refractivity contribution in [3.63, 3.8) is 0 Å². The third kappa shape index (κ3) is 2.88. The molecule has 1 atom stereocenters. The molecular formula is C13H11F3N2O2. The van der Waals surface area contributed by atoms with Crippen LogP contribution in [0.25, 0.3) is 0 Å². The number of amides is 1. The Hall–Kier alpha value is -2.14. The molecule has 0 N–H and O–H groups in total. The number of carbonyl (C=O) groups is 1. The van der Waals surface area contributed by atoms with Gasteiger partial charge in [-0.3, -0.25) is 4.79 Å². The van der Waals surface area contributed by atoms with Crippen LogP contribution < -0.4 is 0 Å². The second-order valence-electron chi connectivity index (χ2n) is 4.43. The van der Waals surface area contributed by atoms with Crippen LogP contribution in [0.5, 0.6) is 0 Å². The smallest absolute Gasteiger partial charge is 0.332 e. The van der Waals surface area contributed by atoms with E-state index < -0.39 is 18.1 Å². The zero-order chi connectivity index (χ0) is 14.8. The average molecular weight is 284 g/mol. The monoisotopic (exact) mass is 284 g/mol. The number of fused-ring (bicyclic) bond motifs is 1. The van der Waals surface area contributed by atoms with Crippen molar-refractivity contribution < 1.29 is 22.8 Å². The number of benzene rings is 1. The second kappa shape index (κ2) is 5.46. The quantitative estimate of drug-likeness (QED) is 0.585. The molecule has 1 aliphatic rings. The van der Waals surface area contributed by atoms with Crippen LogP contribution in [0.1, 0.15) is 17.2 Å². The number of hydrogen-bond donors (Lipinski definition) is 0. The van der Waals surface area contributed by atoms with E-state index in [1.165, 1.54) is 6.08 Å². The first-order valence-electron chi connectivity index (χ1n) is 5.94. The molecule has 0 saturated heterocycles. The van der Waals surface area contributed by atoms with Gasteiger partial charge >= 0.3 is 12.1 Å². The van der Waals surface area contributed by atoms with Gasteiger partial charge in [0.2, 0.25) is 6.08 Å². The molecule has 1 unspecified atom stereocenters. The third-order valence-corrected chi connectivity index (χ3v) is 3.20. The Kier molecular flexibility index (Phi) is 3.90. The van der Waals surface area contributed by atoms with Crippen molar-refractivity contribution in [3.8, 4) is 0 Å². The van der Waals surface area contributed by atoms with E-state index in [1.54, 1.807) is 24.3 Å². The van der Waals surface area contributed by atoms with Gasteiger partial charge in [-0.1, -0.05) is 24.3 Å². The highest BCUT2D eigenvalue weighted by molar-refractivity contribution is 5.82. The molecule has 106 valence electrons. The molecule has 1 heterocycles. The van der Waals surface area contributed by atoms with Crippen molar-refractivity contribution in [2.24, 2.45) is 4.99 Å². The molecule has 1 aromatic rings. The summed E-state index contributed by atoms with van der Waals surface area (Å²) in [4.78, 5) is 26.0. The van der Waals surface area contributed by atoms with Crippen LogP contribution in [-0.2, 0) is 16.0 Å². The molecule has 0 saturated carbocycles. The van der Waals surface area contributed by atoms with E-state index in [1.807, 2.05) is 0 Å². The largest absolute Gasteiger partial charge is 0.471 e. The van der Waals surface area contributed by atoms with E-state index in [-0.39, 0.29) is 13.1 Å². The fourth-order valence-electron chi connectivity index (χ4n) is 2.28. The van der Waals surface area contributed by atoms with Crippen LogP contribution >= 0.6 is 0 Å². The minimum atomic E-state index is -4.92. The second-order valence-corrected chi connectivity index (χ2v) is 4.43. The summed E-state index contributed by atoms with van der Waals surface area (Å²) in [7, 11) is 0. The number of isocyanates is 1. The fraction of sp³-hybridized carbons (Fsp3) is 0.385. The van der Waals surface area contributed by atoms with Gasteiger partial charge < -0.3 is 4.90 Å². The van der Waals surface area contributed by atoms with Crippen molar-refractivity contribution in [2.45, 2.75) is 18.6 Å². The Labute approximate surface area is 112 Å². The van der Waals surface area contributed by atoms with Gasteiger partial charge in [0.25, 0.3) is 0 Å². The van der Waals surface area contributed by atoms with E-state index in [4.69, 9.17) is 0 Å². The fourth-order valence-corrected chi connectivity index (χ4v) is 2.28. The summed E-state index contributed by atoms with van der Waals surface area (Å²) in [5.41, 5.74) is 1.45. The molecular weight excluding hydrogens is 273 g/mol. The lowest BCUT2D eigenvalue weighted by Crippen LogP contribution is -2.43. The molecule has 2 rings (SSSR count). The summed E-state index contributed by atoms with van der Waals surface area (Å²) in [6.45, 7) is -0.329. The van der Waals surface area contributed by atoms with Gasteiger partial charge in [0.05, 0.1) is 0 Å². The van der Waals surface area contributed by atoms with Gasteiger partial charge in [-0.05, 0) is 17.5 Å². The van der Waals surface area contributed by atoms with Gasteiger partial charge in [-0.25, -0.2) is 4.79 Å². The molecule has 4 nitrogen and oxygen atoms in total. The Morgan fingerprint density at radius 3 is 2.70 bits per heavy atom. The molecule has 0 aromatic heterocycles. The maximum absolute atomic E-state index is 12.5. The molecule has 7 heteroatoms. The minimum Gasteiger partial charge on any atom is -0.332 e. The van der Waals surface area contributed by atoms with E-state index >= 15 is 0 Å².